The van der Waals surface area contributed by atoms with Crippen LogP contribution in [0.15, 0.2) is 45.2 Å². The maximum atomic E-state index is 14.6. The number of hydrogen-bond donors (Lipinski definition) is 0. The summed E-state index contributed by atoms with van der Waals surface area (Å²) in [5.74, 6) is -5.92. The Morgan fingerprint density at radius 3 is 2.50 bits per heavy atom. The minimum absolute atomic E-state index is 0.206. The van der Waals surface area contributed by atoms with Crippen LogP contribution in [0, 0.1) is 5.82 Å². The summed E-state index contributed by atoms with van der Waals surface area (Å²) in [4.78, 5) is 5.14. The van der Waals surface area contributed by atoms with Crippen LogP contribution < -0.4 is 0 Å². The average molecular weight is 503 g/mol. The number of alkyl halides is 7. The van der Waals surface area contributed by atoms with Crippen LogP contribution in [0.2, 0.25) is 0 Å². The number of hydrogen-bond acceptors (Lipinski definition) is 3. The fourth-order valence-electron chi connectivity index (χ4n) is 3.91. The summed E-state index contributed by atoms with van der Waals surface area (Å²) in [6.07, 6.45) is -4.99. The molecule has 1 atom stereocenters. The maximum Gasteiger partial charge on any atom is 0.417 e. The van der Waals surface area contributed by atoms with Crippen molar-refractivity contribution >= 4 is 21.8 Å². The predicted octanol–water partition coefficient (Wildman–Crippen LogP) is 5.97. The lowest BCUT2D eigenvalue weighted by Crippen LogP contribution is -2.40. The summed E-state index contributed by atoms with van der Waals surface area (Å²) in [5, 5.41) is 0. The lowest BCUT2D eigenvalue weighted by atomic mass is 9.75. The van der Waals surface area contributed by atoms with Crippen LogP contribution >= 0.6 is 15.9 Å². The fraction of sp³-hybridized carbons (Fsp3) is 0.389. The summed E-state index contributed by atoms with van der Waals surface area (Å²) in [7, 11) is 0. The van der Waals surface area contributed by atoms with Gasteiger partial charge in [-0.1, -0.05) is 6.07 Å². The van der Waals surface area contributed by atoms with Gasteiger partial charge in [-0.05, 0) is 40.1 Å². The lowest BCUT2D eigenvalue weighted by molar-refractivity contribution is -0.0981. The van der Waals surface area contributed by atoms with Crippen LogP contribution in [0.3, 0.4) is 0 Å². The molecule has 0 fully saturated rings. The zero-order valence-corrected chi connectivity index (χ0v) is 16.3. The summed E-state index contributed by atoms with van der Waals surface area (Å²) in [5.41, 5.74) is -3.93. The molecule has 4 rings (SSSR count). The molecule has 0 saturated heterocycles. The van der Waals surface area contributed by atoms with Gasteiger partial charge >= 0.3 is 12.8 Å². The first-order chi connectivity index (χ1) is 13.8. The van der Waals surface area contributed by atoms with Gasteiger partial charge < -0.3 is 9.64 Å². The molecular formula is C18H11BrF8N2O. The third-order valence-corrected chi connectivity index (χ3v) is 5.80. The highest BCUT2D eigenvalue weighted by Gasteiger charge is 2.54. The van der Waals surface area contributed by atoms with Gasteiger partial charge in [0.25, 0.3) is 5.92 Å². The van der Waals surface area contributed by atoms with Crippen molar-refractivity contribution in [3.63, 3.8) is 0 Å². The Labute approximate surface area is 172 Å². The van der Waals surface area contributed by atoms with Gasteiger partial charge in [0.1, 0.15) is 11.4 Å². The molecule has 0 bridgehead atoms. The molecule has 1 aromatic carbocycles. The van der Waals surface area contributed by atoms with Gasteiger partial charge in [0.05, 0.1) is 22.2 Å². The van der Waals surface area contributed by atoms with Crippen LogP contribution in [-0.2, 0) is 16.2 Å². The van der Waals surface area contributed by atoms with Crippen molar-refractivity contribution in [1.82, 2.24) is 4.90 Å². The first kappa shape index (κ1) is 21.1. The number of benzene rings is 1. The second kappa shape index (κ2) is 6.69. The number of allylic oxidation sites excluding steroid dienone is 2. The second-order valence-electron chi connectivity index (χ2n) is 7.05. The highest BCUT2D eigenvalue weighted by Crippen LogP contribution is 2.53. The Morgan fingerprint density at radius 1 is 1.17 bits per heavy atom. The summed E-state index contributed by atoms with van der Waals surface area (Å²) < 4.78 is 113. The monoisotopic (exact) mass is 502 g/mol. The van der Waals surface area contributed by atoms with Gasteiger partial charge in [0.15, 0.2) is 11.6 Å². The molecular weight excluding hydrogens is 492 g/mol. The van der Waals surface area contributed by atoms with E-state index < -0.39 is 53.4 Å². The molecule has 1 aromatic rings. The van der Waals surface area contributed by atoms with Crippen LogP contribution in [0.5, 0.6) is 0 Å². The van der Waals surface area contributed by atoms with Gasteiger partial charge in [-0.3, -0.25) is 4.99 Å². The standard InChI is InChI=1S/C18H11BrF8N2O/c19-10-2-1-9-12(13(10)20)17(23,24)4-3-16(9)7-29-6-8(18(25,26)27)5-11(14(29)28-16)30-15(21)22/h1-2,5-6,15H,3-4,7H2/t16-/m1/s1. The number of halogens is 9. The van der Waals surface area contributed by atoms with E-state index in [0.717, 1.165) is 4.90 Å². The molecule has 12 heteroatoms. The van der Waals surface area contributed by atoms with E-state index in [0.29, 0.717) is 12.3 Å². The highest BCUT2D eigenvalue weighted by molar-refractivity contribution is 9.10. The number of rotatable bonds is 2. The smallest absolute Gasteiger partial charge is 0.417 e. The lowest BCUT2D eigenvalue weighted by Gasteiger charge is -2.37. The molecule has 3 nitrogen and oxygen atoms in total. The van der Waals surface area contributed by atoms with Crippen molar-refractivity contribution in [2.24, 2.45) is 4.99 Å². The topological polar surface area (TPSA) is 24.8 Å². The Hall–Kier alpha value is -2.11. The normalized spacial score (nSPS) is 25.0. The zero-order chi connectivity index (χ0) is 22.1. The minimum atomic E-state index is -4.87. The molecule has 1 spiro atoms. The van der Waals surface area contributed by atoms with Crippen LogP contribution in [0.25, 0.3) is 0 Å². The van der Waals surface area contributed by atoms with Crippen molar-refractivity contribution in [1.29, 1.82) is 0 Å². The molecule has 0 N–H and O–H groups in total. The minimum Gasteiger partial charge on any atom is -0.431 e. The van der Waals surface area contributed by atoms with Gasteiger partial charge in [-0.2, -0.15) is 22.0 Å². The quantitative estimate of drug-likeness (QED) is 0.465. The number of ether oxygens (including phenoxy) is 1. The van der Waals surface area contributed by atoms with E-state index >= 15 is 0 Å². The van der Waals surface area contributed by atoms with E-state index in [2.05, 4.69) is 25.7 Å². The zero-order valence-electron chi connectivity index (χ0n) is 14.7. The number of fused-ring (bicyclic) bond motifs is 3. The van der Waals surface area contributed by atoms with E-state index in [1.54, 1.807) is 0 Å². The molecule has 3 aliphatic rings. The first-order valence-corrected chi connectivity index (χ1v) is 9.32. The second-order valence-corrected chi connectivity index (χ2v) is 7.91. The van der Waals surface area contributed by atoms with Crippen LogP contribution in [-0.4, -0.2) is 30.1 Å². The van der Waals surface area contributed by atoms with Crippen LogP contribution in [0.1, 0.15) is 24.0 Å². The molecule has 2 heterocycles. The van der Waals surface area contributed by atoms with Crippen molar-refractivity contribution in [2.45, 2.75) is 37.1 Å². The van der Waals surface area contributed by atoms with Crippen molar-refractivity contribution < 1.29 is 39.9 Å². The number of amidine groups is 1. The van der Waals surface area contributed by atoms with Crippen LogP contribution in [0.4, 0.5) is 35.1 Å². The predicted molar refractivity (Wildman–Crippen MR) is 92.4 cm³/mol. The van der Waals surface area contributed by atoms with E-state index in [1.807, 2.05) is 0 Å². The SMILES string of the molecule is Fc1c(Br)ccc2c1C(F)(F)CC[C@@]21CN2C=C(C(F)(F)F)C=C(OC(F)F)C2=N1. The summed E-state index contributed by atoms with van der Waals surface area (Å²) in [6.45, 7) is -3.79. The molecule has 1 aliphatic carbocycles. The number of aliphatic imine (C=N–C) groups is 1. The summed E-state index contributed by atoms with van der Waals surface area (Å²) in [6, 6.07) is 2.40. The third kappa shape index (κ3) is 3.28. The Bertz CT molecular complexity index is 1000. The van der Waals surface area contributed by atoms with E-state index in [1.165, 1.54) is 12.1 Å². The molecule has 2 aliphatic heterocycles. The Balaban J connectivity index is 1.87. The van der Waals surface area contributed by atoms with Crippen molar-refractivity contribution in [3.05, 3.63) is 57.2 Å². The molecule has 0 amide bonds. The van der Waals surface area contributed by atoms with E-state index in [4.69, 9.17) is 0 Å². The van der Waals surface area contributed by atoms with Gasteiger partial charge in [0, 0.05) is 12.6 Å². The first-order valence-electron chi connectivity index (χ1n) is 8.53. The van der Waals surface area contributed by atoms with Crippen molar-refractivity contribution in [2.75, 3.05) is 6.54 Å². The van der Waals surface area contributed by atoms with E-state index in [9.17, 15) is 35.1 Å². The average Bonchev–Trinajstić information content (AvgIpc) is 3.00. The molecule has 0 radical (unpaired) electrons. The maximum absolute atomic E-state index is 14.6. The van der Waals surface area contributed by atoms with Gasteiger partial charge in [-0.15, -0.1) is 0 Å². The molecule has 0 aromatic heterocycles. The van der Waals surface area contributed by atoms with Crippen molar-refractivity contribution in [3.8, 4) is 0 Å². The highest BCUT2D eigenvalue weighted by atomic mass is 79.9. The largest absolute Gasteiger partial charge is 0.431 e. The molecule has 30 heavy (non-hydrogen) atoms. The van der Waals surface area contributed by atoms with Gasteiger partial charge in [0.2, 0.25) is 0 Å². The number of nitrogens with zero attached hydrogens (tertiary/aromatic N) is 2. The molecule has 162 valence electrons. The Morgan fingerprint density at radius 2 is 1.87 bits per heavy atom. The fourth-order valence-corrected chi connectivity index (χ4v) is 4.24. The summed E-state index contributed by atoms with van der Waals surface area (Å²) >= 11 is 2.85. The van der Waals surface area contributed by atoms with Gasteiger partial charge in [-0.25, -0.2) is 13.2 Å². The third-order valence-electron chi connectivity index (χ3n) is 5.18. The molecule has 0 saturated carbocycles. The Kier molecular flexibility index (Phi) is 4.72. The van der Waals surface area contributed by atoms with E-state index in [-0.39, 0.29) is 28.8 Å². The molecule has 0 unspecified atom stereocenters.